The molecule has 0 radical (unpaired) electrons. The molecule has 1 unspecified atom stereocenters. The summed E-state index contributed by atoms with van der Waals surface area (Å²) in [6, 6.07) is 18.2. The SMILES string of the molecule is CCNS(=O)(=O)c1cccc2c(NC(=O)C(CCCCNC(=O)OCc3ccccc3)NC(=O)OC(C)(C)C)cccc12. The van der Waals surface area contributed by atoms with Crippen molar-refractivity contribution >= 4 is 44.6 Å². The highest BCUT2D eigenvalue weighted by molar-refractivity contribution is 7.89. The predicted molar refractivity (Wildman–Crippen MR) is 165 cm³/mol. The van der Waals surface area contributed by atoms with Crippen molar-refractivity contribution in [2.45, 2.75) is 70.1 Å². The largest absolute Gasteiger partial charge is 0.445 e. The number of nitrogens with one attached hydrogen (secondary N) is 4. The van der Waals surface area contributed by atoms with E-state index in [2.05, 4.69) is 20.7 Å². The molecule has 232 valence electrons. The van der Waals surface area contributed by atoms with Gasteiger partial charge in [0.25, 0.3) is 0 Å². The number of rotatable bonds is 13. The van der Waals surface area contributed by atoms with Crippen LogP contribution in [0.15, 0.2) is 71.6 Å². The number of hydrogen-bond acceptors (Lipinski definition) is 7. The number of carbonyl (C=O) groups is 3. The van der Waals surface area contributed by atoms with Gasteiger partial charge in [-0.05, 0) is 57.7 Å². The number of anilines is 1. The summed E-state index contributed by atoms with van der Waals surface area (Å²) in [4.78, 5) is 38.1. The van der Waals surface area contributed by atoms with Crippen molar-refractivity contribution in [2.75, 3.05) is 18.4 Å². The van der Waals surface area contributed by atoms with Crippen LogP contribution in [-0.2, 0) is 30.9 Å². The number of amides is 3. The highest BCUT2D eigenvalue weighted by atomic mass is 32.2. The van der Waals surface area contributed by atoms with Crippen LogP contribution >= 0.6 is 0 Å². The Morgan fingerprint density at radius 2 is 1.56 bits per heavy atom. The van der Waals surface area contributed by atoms with E-state index in [4.69, 9.17) is 9.47 Å². The van der Waals surface area contributed by atoms with Crippen LogP contribution in [0.3, 0.4) is 0 Å². The van der Waals surface area contributed by atoms with Crippen LogP contribution in [0.5, 0.6) is 0 Å². The minimum Gasteiger partial charge on any atom is -0.445 e. The van der Waals surface area contributed by atoms with Gasteiger partial charge in [0.2, 0.25) is 15.9 Å². The quantitative estimate of drug-likeness (QED) is 0.197. The summed E-state index contributed by atoms with van der Waals surface area (Å²) in [5.41, 5.74) is 0.510. The van der Waals surface area contributed by atoms with Gasteiger partial charge < -0.3 is 25.4 Å². The summed E-state index contributed by atoms with van der Waals surface area (Å²) < 4.78 is 38.6. The smallest absolute Gasteiger partial charge is 0.408 e. The highest BCUT2D eigenvalue weighted by Gasteiger charge is 2.25. The van der Waals surface area contributed by atoms with Gasteiger partial charge in [-0.25, -0.2) is 22.7 Å². The minimum absolute atomic E-state index is 0.0983. The molecule has 12 heteroatoms. The maximum absolute atomic E-state index is 13.4. The van der Waals surface area contributed by atoms with Crippen molar-refractivity contribution in [1.29, 1.82) is 0 Å². The molecule has 0 bridgehead atoms. The summed E-state index contributed by atoms with van der Waals surface area (Å²) in [6.07, 6.45) is -0.00626. The average molecular weight is 613 g/mol. The van der Waals surface area contributed by atoms with Crippen molar-refractivity contribution in [3.8, 4) is 0 Å². The number of alkyl carbamates (subject to hydrolysis) is 2. The summed E-state index contributed by atoms with van der Waals surface area (Å²) in [5.74, 6) is -0.492. The fourth-order valence-electron chi connectivity index (χ4n) is 4.27. The molecule has 3 amide bonds. The van der Waals surface area contributed by atoms with Crippen LogP contribution in [0.1, 0.15) is 52.5 Å². The Hall–Kier alpha value is -4.16. The van der Waals surface area contributed by atoms with Crippen molar-refractivity contribution < 1.29 is 32.3 Å². The molecule has 0 aliphatic carbocycles. The van der Waals surface area contributed by atoms with Gasteiger partial charge in [-0.2, -0.15) is 0 Å². The van der Waals surface area contributed by atoms with Crippen LogP contribution in [0.4, 0.5) is 15.3 Å². The second-order valence-electron chi connectivity index (χ2n) is 10.8. The number of hydrogen-bond donors (Lipinski definition) is 4. The molecule has 0 fully saturated rings. The lowest BCUT2D eigenvalue weighted by Gasteiger charge is -2.23. The van der Waals surface area contributed by atoms with Crippen LogP contribution < -0.4 is 20.7 Å². The maximum atomic E-state index is 13.4. The molecule has 0 saturated heterocycles. The molecule has 0 aliphatic rings. The van der Waals surface area contributed by atoms with Crippen LogP contribution in [0.25, 0.3) is 10.8 Å². The zero-order valence-corrected chi connectivity index (χ0v) is 25.8. The van der Waals surface area contributed by atoms with E-state index in [1.165, 1.54) is 6.07 Å². The summed E-state index contributed by atoms with van der Waals surface area (Å²) >= 11 is 0. The second kappa shape index (κ2) is 15.4. The van der Waals surface area contributed by atoms with E-state index in [0.717, 1.165) is 5.56 Å². The van der Waals surface area contributed by atoms with E-state index in [1.807, 2.05) is 30.3 Å². The first-order valence-corrected chi connectivity index (χ1v) is 15.6. The summed E-state index contributed by atoms with van der Waals surface area (Å²) in [6.45, 7) is 7.57. The van der Waals surface area contributed by atoms with Crippen LogP contribution in [-0.4, -0.2) is 51.2 Å². The Bertz CT molecular complexity index is 1510. The molecule has 3 rings (SSSR count). The average Bonchev–Trinajstić information content (AvgIpc) is 2.94. The first kappa shape index (κ1) is 33.3. The Morgan fingerprint density at radius 3 is 2.26 bits per heavy atom. The van der Waals surface area contributed by atoms with E-state index < -0.39 is 39.8 Å². The third-order valence-corrected chi connectivity index (χ3v) is 7.78. The second-order valence-corrected chi connectivity index (χ2v) is 12.6. The lowest BCUT2D eigenvalue weighted by molar-refractivity contribution is -0.118. The van der Waals surface area contributed by atoms with Crippen molar-refractivity contribution in [1.82, 2.24) is 15.4 Å². The van der Waals surface area contributed by atoms with E-state index >= 15 is 0 Å². The lowest BCUT2D eigenvalue weighted by atomic mass is 10.1. The summed E-state index contributed by atoms with van der Waals surface area (Å²) in [5, 5.41) is 9.15. The molecule has 3 aromatic rings. The van der Waals surface area contributed by atoms with Crippen molar-refractivity contribution in [3.05, 3.63) is 72.3 Å². The number of unbranched alkanes of at least 4 members (excludes halogenated alkanes) is 1. The fourth-order valence-corrected chi connectivity index (χ4v) is 5.53. The monoisotopic (exact) mass is 612 g/mol. The van der Waals surface area contributed by atoms with Gasteiger partial charge in [0.15, 0.2) is 0 Å². The standard InChI is InChI=1S/C31H40N4O7S/c1-5-33-43(39,40)27-19-12-15-23-24(27)16-11-18-25(23)34-28(36)26(35-30(38)42-31(2,3)4)17-9-10-20-32-29(37)41-21-22-13-7-6-8-14-22/h6-8,11-16,18-19,26,33H,5,9-10,17,20-21H2,1-4H3,(H,32,37)(H,34,36)(H,35,38). The first-order chi connectivity index (χ1) is 20.4. The number of benzene rings is 3. The molecule has 0 spiro atoms. The Morgan fingerprint density at radius 1 is 0.860 bits per heavy atom. The van der Waals surface area contributed by atoms with E-state index in [9.17, 15) is 22.8 Å². The molecular formula is C31H40N4O7S. The third kappa shape index (κ3) is 10.6. The molecule has 11 nitrogen and oxygen atoms in total. The number of sulfonamides is 1. The van der Waals surface area contributed by atoms with Gasteiger partial charge in [0, 0.05) is 29.5 Å². The van der Waals surface area contributed by atoms with Gasteiger partial charge in [0.1, 0.15) is 18.2 Å². The zero-order valence-electron chi connectivity index (χ0n) is 24.9. The minimum atomic E-state index is -3.75. The van der Waals surface area contributed by atoms with Gasteiger partial charge in [-0.15, -0.1) is 0 Å². The van der Waals surface area contributed by atoms with E-state index in [-0.39, 0.29) is 24.5 Å². The Balaban J connectivity index is 1.66. The Kier molecular flexibility index (Phi) is 11.9. The molecule has 0 aliphatic heterocycles. The predicted octanol–water partition coefficient (Wildman–Crippen LogP) is 5.07. The topological polar surface area (TPSA) is 152 Å². The molecule has 1 atom stereocenters. The molecule has 4 N–H and O–H groups in total. The zero-order chi connectivity index (χ0) is 31.5. The van der Waals surface area contributed by atoms with Gasteiger partial charge in [-0.3, -0.25) is 4.79 Å². The molecular weight excluding hydrogens is 572 g/mol. The highest BCUT2D eigenvalue weighted by Crippen LogP contribution is 2.29. The molecule has 0 heterocycles. The number of carbonyl (C=O) groups excluding carboxylic acids is 3. The lowest BCUT2D eigenvalue weighted by Crippen LogP contribution is -2.45. The van der Waals surface area contributed by atoms with Crippen molar-refractivity contribution in [2.24, 2.45) is 0 Å². The molecule has 0 saturated carbocycles. The number of fused-ring (bicyclic) bond motifs is 1. The van der Waals surface area contributed by atoms with E-state index in [1.54, 1.807) is 58.0 Å². The van der Waals surface area contributed by atoms with Gasteiger partial charge >= 0.3 is 12.2 Å². The molecule has 43 heavy (non-hydrogen) atoms. The van der Waals surface area contributed by atoms with E-state index in [0.29, 0.717) is 35.8 Å². The third-order valence-electron chi connectivity index (χ3n) is 6.17. The Labute approximate surface area is 252 Å². The summed E-state index contributed by atoms with van der Waals surface area (Å²) in [7, 11) is -3.75. The number of ether oxygens (including phenoxy) is 2. The first-order valence-electron chi connectivity index (χ1n) is 14.2. The molecule has 0 aromatic heterocycles. The fraction of sp³-hybridized carbons (Fsp3) is 0.387. The van der Waals surface area contributed by atoms with Crippen LogP contribution in [0, 0.1) is 0 Å². The molecule has 3 aromatic carbocycles. The van der Waals surface area contributed by atoms with Crippen molar-refractivity contribution in [3.63, 3.8) is 0 Å². The maximum Gasteiger partial charge on any atom is 0.408 e. The van der Waals surface area contributed by atoms with Gasteiger partial charge in [0.05, 0.1) is 4.90 Å². The normalized spacial score (nSPS) is 12.3. The van der Waals surface area contributed by atoms with Crippen LogP contribution in [0.2, 0.25) is 0 Å². The van der Waals surface area contributed by atoms with Gasteiger partial charge in [-0.1, -0.05) is 61.5 Å².